The van der Waals surface area contributed by atoms with Gasteiger partial charge in [0, 0.05) is 13.0 Å². The van der Waals surface area contributed by atoms with Gasteiger partial charge in [-0.05, 0) is 81.5 Å². The second-order valence-corrected chi connectivity index (χ2v) is 13.4. The molecule has 0 unspecified atom stereocenters. The van der Waals surface area contributed by atoms with Crippen LogP contribution < -0.4 is 49.1 Å². The first-order valence-corrected chi connectivity index (χ1v) is 17.8. The Morgan fingerprint density at radius 3 is 2.06 bits per heavy atom. The number of primary amides is 1. The summed E-state index contributed by atoms with van der Waals surface area (Å²) in [6.07, 6.45) is 4.52. The average Bonchev–Trinajstić information content (AvgIpc) is 3.09. The lowest BCUT2D eigenvalue weighted by molar-refractivity contribution is -0.142. The van der Waals surface area contributed by atoms with Crippen LogP contribution in [0.25, 0.3) is 0 Å². The van der Waals surface area contributed by atoms with Gasteiger partial charge in [0.2, 0.25) is 29.5 Å². The number of carbonyl (C=O) groups is 7. The van der Waals surface area contributed by atoms with E-state index in [1.54, 1.807) is 38.1 Å². The summed E-state index contributed by atoms with van der Waals surface area (Å²) in [5.74, 6) is -4.92. The number of aliphatic carboxylic acids is 1. The number of carboxylic acids is 1. The zero-order chi connectivity index (χ0) is 39.5. The van der Waals surface area contributed by atoms with Crippen molar-refractivity contribution in [2.75, 3.05) is 13.1 Å². The van der Waals surface area contributed by atoms with Gasteiger partial charge in [-0.1, -0.05) is 38.1 Å². The van der Waals surface area contributed by atoms with Crippen LogP contribution in [0.4, 0.5) is 4.79 Å². The summed E-state index contributed by atoms with van der Waals surface area (Å²) in [5.41, 5.74) is 17.4. The van der Waals surface area contributed by atoms with Gasteiger partial charge in [0.25, 0.3) is 0 Å². The van der Waals surface area contributed by atoms with Gasteiger partial charge in [-0.3, -0.25) is 24.0 Å². The minimum atomic E-state index is -1.29. The SMILES string of the molecule is CC(C)C[C@H](NC(=O)[C@H](Cc1ccc(O)cc1)NC(=O)[C@@H]1C/C=C/C[C@H](N)C(=O)N[C@@H](CCCNC(N)=O)C(=O)N[C@@H](CCCCN)C(=O)N1)C(=O)O. The lowest BCUT2D eigenvalue weighted by atomic mass is 10.0. The Morgan fingerprint density at radius 2 is 1.45 bits per heavy atom. The number of nitrogens with two attached hydrogens (primary N) is 3. The van der Waals surface area contributed by atoms with Crippen molar-refractivity contribution in [2.45, 2.75) is 108 Å². The first kappa shape index (κ1) is 43.9. The topological polar surface area (TPSA) is 310 Å². The Labute approximate surface area is 308 Å². The van der Waals surface area contributed by atoms with E-state index in [4.69, 9.17) is 17.2 Å². The highest BCUT2D eigenvalue weighted by Crippen LogP contribution is 2.14. The van der Waals surface area contributed by atoms with E-state index >= 15 is 0 Å². The molecule has 1 aliphatic rings. The summed E-state index contributed by atoms with van der Waals surface area (Å²) in [5, 5.41) is 35.0. The van der Waals surface area contributed by atoms with Gasteiger partial charge in [0.05, 0.1) is 6.04 Å². The minimum absolute atomic E-state index is 0.0196. The fraction of sp³-hybridized carbons (Fsp3) is 0.571. The number of phenols is 1. The van der Waals surface area contributed by atoms with Crippen LogP contribution in [0.1, 0.15) is 70.8 Å². The molecule has 1 aromatic rings. The molecular weight excluding hydrogens is 690 g/mol. The Kier molecular flexibility index (Phi) is 18.8. The third-order valence-corrected chi connectivity index (χ3v) is 8.41. The Bertz CT molecular complexity index is 1440. The summed E-state index contributed by atoms with van der Waals surface area (Å²) >= 11 is 0. The maximum Gasteiger partial charge on any atom is 0.326 e. The van der Waals surface area contributed by atoms with Crippen molar-refractivity contribution in [3.05, 3.63) is 42.0 Å². The van der Waals surface area contributed by atoms with Crippen molar-refractivity contribution in [3.63, 3.8) is 0 Å². The molecule has 1 aromatic carbocycles. The number of hydrogen-bond donors (Lipinski definition) is 11. The molecule has 0 spiro atoms. The van der Waals surface area contributed by atoms with Gasteiger partial charge in [-0.25, -0.2) is 9.59 Å². The summed E-state index contributed by atoms with van der Waals surface area (Å²) in [4.78, 5) is 90.7. The molecule has 0 radical (unpaired) electrons. The van der Waals surface area contributed by atoms with Crippen LogP contribution in [0.2, 0.25) is 0 Å². The number of unbranched alkanes of at least 4 members (excludes halogenated alkanes) is 1. The molecule has 53 heavy (non-hydrogen) atoms. The van der Waals surface area contributed by atoms with E-state index in [-0.39, 0.29) is 63.2 Å². The lowest BCUT2D eigenvalue weighted by Gasteiger charge is -2.27. The van der Waals surface area contributed by atoms with Crippen LogP contribution in [0.3, 0.4) is 0 Å². The molecule has 0 saturated heterocycles. The van der Waals surface area contributed by atoms with Crippen molar-refractivity contribution in [3.8, 4) is 5.75 Å². The monoisotopic (exact) mass is 745 g/mol. The molecule has 6 atom stereocenters. The molecule has 18 heteroatoms. The number of amides is 7. The van der Waals surface area contributed by atoms with Crippen molar-refractivity contribution >= 4 is 41.5 Å². The van der Waals surface area contributed by atoms with E-state index in [2.05, 4.69) is 31.9 Å². The molecule has 0 aromatic heterocycles. The van der Waals surface area contributed by atoms with E-state index in [1.165, 1.54) is 12.1 Å². The van der Waals surface area contributed by atoms with Crippen molar-refractivity contribution in [1.29, 1.82) is 0 Å². The van der Waals surface area contributed by atoms with Gasteiger partial charge < -0.3 is 59.3 Å². The number of hydrogen-bond acceptors (Lipinski definition) is 10. The number of carbonyl (C=O) groups excluding carboxylic acids is 6. The highest BCUT2D eigenvalue weighted by atomic mass is 16.4. The van der Waals surface area contributed by atoms with Crippen LogP contribution in [-0.4, -0.2) is 101 Å². The first-order chi connectivity index (χ1) is 25.1. The predicted octanol–water partition coefficient (Wildman–Crippen LogP) is -1.26. The molecule has 0 fully saturated rings. The van der Waals surface area contributed by atoms with Gasteiger partial charge in [-0.15, -0.1) is 0 Å². The zero-order valence-electron chi connectivity index (χ0n) is 30.3. The fourth-order valence-electron chi connectivity index (χ4n) is 5.50. The van der Waals surface area contributed by atoms with E-state index in [9.17, 15) is 43.8 Å². The van der Waals surface area contributed by atoms with E-state index < -0.39 is 77.8 Å². The molecule has 14 N–H and O–H groups in total. The minimum Gasteiger partial charge on any atom is -0.508 e. The number of benzene rings is 1. The standard InChI is InChI=1S/C35H55N9O9/c1-20(2)18-28(34(51)52)44-33(50)27(19-21-12-14-22(45)15-13-21)43-32(49)24-9-4-3-8-23(37)29(46)40-26(11-7-17-39-35(38)53)31(48)42-25(30(47)41-24)10-5-6-16-36/h3-4,12-15,20,23-28,45H,5-11,16-19,36-37H2,1-2H3,(H,40,46)(H,41,47)(H,42,48)(H,43,49)(H,44,50)(H,51,52)(H3,38,39,53)/b4-3+/t23-,24-,25-,26-,27-,28-/m0/s1. The van der Waals surface area contributed by atoms with Crippen molar-refractivity contribution < 1.29 is 43.8 Å². The largest absolute Gasteiger partial charge is 0.508 e. The molecule has 18 nitrogen and oxygen atoms in total. The van der Waals surface area contributed by atoms with Crippen LogP contribution in [0, 0.1) is 5.92 Å². The smallest absolute Gasteiger partial charge is 0.326 e. The molecule has 0 bridgehead atoms. The second kappa shape index (κ2) is 22.7. The van der Waals surface area contributed by atoms with E-state index in [1.807, 2.05) is 0 Å². The maximum atomic E-state index is 13.9. The van der Waals surface area contributed by atoms with Crippen LogP contribution in [0.5, 0.6) is 5.75 Å². The maximum absolute atomic E-state index is 13.9. The van der Waals surface area contributed by atoms with Crippen molar-refractivity contribution in [1.82, 2.24) is 31.9 Å². The number of aromatic hydroxyl groups is 1. The lowest BCUT2D eigenvalue weighted by Crippen LogP contribution is -2.59. The average molecular weight is 746 g/mol. The Morgan fingerprint density at radius 1 is 0.849 bits per heavy atom. The molecule has 1 aliphatic heterocycles. The van der Waals surface area contributed by atoms with Gasteiger partial charge in [-0.2, -0.15) is 0 Å². The summed E-state index contributed by atoms with van der Waals surface area (Å²) < 4.78 is 0. The molecule has 7 amide bonds. The van der Waals surface area contributed by atoms with E-state index in [0.717, 1.165) is 0 Å². The summed E-state index contributed by atoms with van der Waals surface area (Å²) in [6.45, 7) is 4.06. The number of rotatable bonds is 17. The van der Waals surface area contributed by atoms with Gasteiger partial charge in [0.1, 0.15) is 36.0 Å². The van der Waals surface area contributed by atoms with Crippen LogP contribution in [0.15, 0.2) is 36.4 Å². The van der Waals surface area contributed by atoms with Crippen LogP contribution in [-0.2, 0) is 35.2 Å². The normalized spacial score (nSPS) is 21.5. The molecular formula is C35H55N9O9. The second-order valence-electron chi connectivity index (χ2n) is 13.4. The number of phenolic OH excluding ortho intramolecular Hbond substituents is 1. The molecule has 0 aliphatic carbocycles. The van der Waals surface area contributed by atoms with Crippen LogP contribution >= 0.6 is 0 Å². The number of carboxylic acid groups (broad SMARTS) is 1. The van der Waals surface area contributed by atoms with Crippen molar-refractivity contribution in [2.24, 2.45) is 23.1 Å². The first-order valence-electron chi connectivity index (χ1n) is 17.8. The fourth-order valence-corrected chi connectivity index (χ4v) is 5.50. The number of urea groups is 1. The Hall–Kier alpha value is -5.23. The summed E-state index contributed by atoms with van der Waals surface area (Å²) in [7, 11) is 0. The highest BCUT2D eigenvalue weighted by Gasteiger charge is 2.33. The van der Waals surface area contributed by atoms with E-state index in [0.29, 0.717) is 24.9 Å². The molecule has 294 valence electrons. The third kappa shape index (κ3) is 16.3. The van der Waals surface area contributed by atoms with Gasteiger partial charge in [0.15, 0.2) is 0 Å². The molecule has 2 rings (SSSR count). The van der Waals surface area contributed by atoms with Gasteiger partial charge >= 0.3 is 12.0 Å². The summed E-state index contributed by atoms with van der Waals surface area (Å²) in [6, 6.07) is -2.01. The highest BCUT2D eigenvalue weighted by molar-refractivity contribution is 5.96. The third-order valence-electron chi connectivity index (χ3n) is 8.41. The quantitative estimate of drug-likeness (QED) is 0.0661. The predicted molar refractivity (Wildman–Crippen MR) is 195 cm³/mol. The number of nitrogens with one attached hydrogen (secondary N) is 6. The Balaban J connectivity index is 2.42. The molecule has 1 heterocycles. The zero-order valence-corrected chi connectivity index (χ0v) is 30.3. The molecule has 0 saturated carbocycles.